The number of nitrogens with zero attached hydrogens (tertiary/aromatic N) is 3. The topological polar surface area (TPSA) is 105 Å². The molecule has 0 saturated carbocycles. The van der Waals surface area contributed by atoms with Crippen molar-refractivity contribution in [3.63, 3.8) is 0 Å². The van der Waals surface area contributed by atoms with Crippen LogP contribution >= 0.6 is 11.3 Å². The van der Waals surface area contributed by atoms with E-state index >= 15 is 0 Å². The third-order valence-electron chi connectivity index (χ3n) is 6.35. The Balaban J connectivity index is 1.23. The number of H-pyrrole nitrogens is 1. The fourth-order valence-corrected chi connectivity index (χ4v) is 5.71. The molecular formula is C21H23N5O2S. The van der Waals surface area contributed by atoms with Gasteiger partial charge in [-0.25, -0.2) is 9.97 Å². The first-order valence-electron chi connectivity index (χ1n) is 10.1. The standard InChI is InChI=1S/C21H23N5O2S/c22-20-24-18-13(19(28)25-20)7-8-21(18)9-11-26(12-10-21)17(27)6-5-16-23-14-3-1-2-4-15(14)29-16/h1-4H,5-12H2,(H3,22,24,25,28). The Morgan fingerprint density at radius 1 is 1.21 bits per heavy atom. The minimum atomic E-state index is -0.112. The number of aryl methyl sites for hydroxylation is 1. The molecule has 29 heavy (non-hydrogen) atoms. The van der Waals surface area contributed by atoms with Gasteiger partial charge in [-0.3, -0.25) is 14.6 Å². The third kappa shape index (κ3) is 3.21. The summed E-state index contributed by atoms with van der Waals surface area (Å²) in [5, 5.41) is 1.01. The van der Waals surface area contributed by atoms with E-state index < -0.39 is 0 Å². The van der Waals surface area contributed by atoms with Crippen LogP contribution in [0.2, 0.25) is 0 Å². The van der Waals surface area contributed by atoms with Gasteiger partial charge < -0.3 is 10.6 Å². The zero-order valence-corrected chi connectivity index (χ0v) is 16.9. The largest absolute Gasteiger partial charge is 0.369 e. The van der Waals surface area contributed by atoms with Crippen molar-refractivity contribution in [2.75, 3.05) is 18.8 Å². The molecule has 1 aliphatic carbocycles. The number of hydrogen-bond donors (Lipinski definition) is 2. The monoisotopic (exact) mass is 409 g/mol. The fourth-order valence-electron chi connectivity index (χ4n) is 4.74. The molecular weight excluding hydrogens is 386 g/mol. The molecule has 3 N–H and O–H groups in total. The smallest absolute Gasteiger partial charge is 0.255 e. The first kappa shape index (κ1) is 18.3. The molecule has 0 radical (unpaired) electrons. The van der Waals surface area contributed by atoms with E-state index in [2.05, 4.69) is 21.0 Å². The van der Waals surface area contributed by atoms with Gasteiger partial charge in [-0.15, -0.1) is 11.3 Å². The summed E-state index contributed by atoms with van der Waals surface area (Å²) in [5.74, 6) is 0.361. The summed E-state index contributed by atoms with van der Waals surface area (Å²) in [6, 6.07) is 8.06. The summed E-state index contributed by atoms with van der Waals surface area (Å²) >= 11 is 1.66. The SMILES string of the molecule is Nc1nc2c(c(=O)[nH]1)CCC21CCN(C(=O)CCc2nc3ccccc3s2)CC1. The lowest BCUT2D eigenvalue weighted by molar-refractivity contribution is -0.132. The minimum Gasteiger partial charge on any atom is -0.369 e. The number of rotatable bonds is 3. The number of likely N-dealkylation sites (tertiary alicyclic amines) is 1. The molecule has 1 spiro atoms. The van der Waals surface area contributed by atoms with Gasteiger partial charge in [-0.05, 0) is 37.8 Å². The van der Waals surface area contributed by atoms with E-state index in [1.54, 1.807) is 11.3 Å². The highest BCUT2D eigenvalue weighted by Gasteiger charge is 2.44. The van der Waals surface area contributed by atoms with Gasteiger partial charge in [-0.1, -0.05) is 12.1 Å². The molecule has 0 atom stereocenters. The number of anilines is 1. The second-order valence-corrected chi connectivity index (χ2v) is 9.13. The fraction of sp³-hybridized carbons (Fsp3) is 0.429. The van der Waals surface area contributed by atoms with E-state index in [0.717, 1.165) is 52.2 Å². The Morgan fingerprint density at radius 2 is 2.00 bits per heavy atom. The maximum atomic E-state index is 12.8. The molecule has 0 unspecified atom stereocenters. The molecule has 2 aliphatic rings. The number of nitrogen functional groups attached to an aromatic ring is 1. The minimum absolute atomic E-state index is 0.110. The van der Waals surface area contributed by atoms with Crippen molar-refractivity contribution in [1.29, 1.82) is 0 Å². The van der Waals surface area contributed by atoms with Gasteiger partial charge in [0, 0.05) is 36.9 Å². The van der Waals surface area contributed by atoms with Crippen LogP contribution in [0.3, 0.4) is 0 Å². The number of carbonyl (C=O) groups excluding carboxylic acids is 1. The molecule has 3 heterocycles. The lowest BCUT2D eigenvalue weighted by Crippen LogP contribution is -2.45. The van der Waals surface area contributed by atoms with Crippen molar-refractivity contribution in [1.82, 2.24) is 19.9 Å². The van der Waals surface area contributed by atoms with Crippen LogP contribution in [0.25, 0.3) is 10.2 Å². The lowest BCUT2D eigenvalue weighted by atomic mass is 9.76. The van der Waals surface area contributed by atoms with Gasteiger partial charge in [0.05, 0.1) is 20.9 Å². The van der Waals surface area contributed by atoms with Crippen LogP contribution in [-0.4, -0.2) is 38.8 Å². The highest BCUT2D eigenvalue weighted by molar-refractivity contribution is 7.18. The molecule has 150 valence electrons. The number of nitrogens with two attached hydrogens (primary N) is 1. The third-order valence-corrected chi connectivity index (χ3v) is 7.45. The van der Waals surface area contributed by atoms with E-state index in [4.69, 9.17) is 5.73 Å². The maximum Gasteiger partial charge on any atom is 0.255 e. The summed E-state index contributed by atoms with van der Waals surface area (Å²) in [7, 11) is 0. The zero-order valence-electron chi connectivity index (χ0n) is 16.1. The maximum absolute atomic E-state index is 12.8. The average molecular weight is 410 g/mol. The van der Waals surface area contributed by atoms with E-state index in [9.17, 15) is 9.59 Å². The summed E-state index contributed by atoms with van der Waals surface area (Å²) in [5.41, 5.74) is 8.20. The van der Waals surface area contributed by atoms with Crippen LogP contribution in [-0.2, 0) is 23.1 Å². The van der Waals surface area contributed by atoms with Gasteiger partial charge in [0.2, 0.25) is 11.9 Å². The molecule has 3 aromatic rings. The number of hydrogen-bond acceptors (Lipinski definition) is 6. The van der Waals surface area contributed by atoms with Crippen LogP contribution in [0, 0.1) is 0 Å². The molecule has 2 aromatic heterocycles. The number of aromatic nitrogens is 3. The second kappa shape index (κ2) is 6.95. The Hall–Kier alpha value is -2.74. The Morgan fingerprint density at radius 3 is 2.79 bits per heavy atom. The normalized spacial score (nSPS) is 17.7. The number of carbonyl (C=O) groups is 1. The molecule has 1 fully saturated rings. The number of aromatic amines is 1. The molecule has 8 heteroatoms. The van der Waals surface area contributed by atoms with Crippen molar-refractivity contribution in [3.8, 4) is 0 Å². The summed E-state index contributed by atoms with van der Waals surface area (Å²) in [6.07, 6.45) is 4.48. The van der Waals surface area contributed by atoms with Gasteiger partial charge in [0.1, 0.15) is 0 Å². The predicted octanol–water partition coefficient (Wildman–Crippen LogP) is 2.40. The van der Waals surface area contributed by atoms with Crippen LogP contribution in [0.4, 0.5) is 5.95 Å². The molecule has 1 saturated heterocycles. The number of nitrogens with one attached hydrogen (secondary N) is 1. The molecule has 0 bridgehead atoms. The van der Waals surface area contributed by atoms with Crippen LogP contribution in [0.1, 0.15) is 41.9 Å². The van der Waals surface area contributed by atoms with Crippen molar-refractivity contribution in [2.45, 2.75) is 43.9 Å². The van der Waals surface area contributed by atoms with Crippen molar-refractivity contribution in [3.05, 3.63) is 50.9 Å². The predicted molar refractivity (Wildman–Crippen MR) is 113 cm³/mol. The molecule has 1 aromatic carbocycles. The van der Waals surface area contributed by atoms with E-state index in [0.29, 0.717) is 25.9 Å². The Labute approximate surface area is 172 Å². The highest BCUT2D eigenvalue weighted by atomic mass is 32.1. The molecule has 1 aliphatic heterocycles. The van der Waals surface area contributed by atoms with Crippen LogP contribution in [0.15, 0.2) is 29.1 Å². The van der Waals surface area contributed by atoms with E-state index in [1.165, 1.54) is 0 Å². The number of piperidine rings is 1. The van der Waals surface area contributed by atoms with Gasteiger partial charge in [-0.2, -0.15) is 0 Å². The number of thiazole rings is 1. The van der Waals surface area contributed by atoms with Gasteiger partial charge in [0.15, 0.2) is 0 Å². The Bertz CT molecular complexity index is 1110. The summed E-state index contributed by atoms with van der Waals surface area (Å²) in [6.45, 7) is 1.40. The number of benzene rings is 1. The van der Waals surface area contributed by atoms with Gasteiger partial charge >= 0.3 is 0 Å². The quantitative estimate of drug-likeness (QED) is 0.691. The molecule has 1 amide bonds. The van der Waals surface area contributed by atoms with Crippen LogP contribution < -0.4 is 11.3 Å². The van der Waals surface area contributed by atoms with E-state index in [1.807, 2.05) is 23.1 Å². The number of fused-ring (bicyclic) bond motifs is 3. The van der Waals surface area contributed by atoms with E-state index in [-0.39, 0.29) is 22.8 Å². The van der Waals surface area contributed by atoms with Crippen molar-refractivity contribution in [2.24, 2.45) is 0 Å². The lowest BCUT2D eigenvalue weighted by Gasteiger charge is -2.39. The first-order chi connectivity index (χ1) is 14.0. The number of para-hydroxylation sites is 1. The van der Waals surface area contributed by atoms with Crippen molar-refractivity contribution < 1.29 is 4.79 Å². The molecule has 7 nitrogen and oxygen atoms in total. The average Bonchev–Trinajstić information content (AvgIpc) is 3.29. The zero-order chi connectivity index (χ0) is 20.0. The second-order valence-electron chi connectivity index (χ2n) is 8.01. The molecule has 5 rings (SSSR count). The summed E-state index contributed by atoms with van der Waals surface area (Å²) in [4.78, 5) is 38.6. The van der Waals surface area contributed by atoms with Gasteiger partial charge in [0.25, 0.3) is 5.56 Å². The van der Waals surface area contributed by atoms with Crippen LogP contribution in [0.5, 0.6) is 0 Å². The van der Waals surface area contributed by atoms with Crippen molar-refractivity contribution >= 4 is 33.4 Å². The highest BCUT2D eigenvalue weighted by Crippen LogP contribution is 2.44. The summed E-state index contributed by atoms with van der Waals surface area (Å²) < 4.78 is 1.16. The number of amides is 1. The Kier molecular flexibility index (Phi) is 4.38. The first-order valence-corrected chi connectivity index (χ1v) is 10.9.